The van der Waals surface area contributed by atoms with Gasteiger partial charge in [-0.05, 0) is 12.1 Å². The van der Waals surface area contributed by atoms with Gasteiger partial charge in [0, 0.05) is 28.3 Å². The van der Waals surface area contributed by atoms with Crippen LogP contribution in [0.1, 0.15) is 5.56 Å². The van der Waals surface area contributed by atoms with Gasteiger partial charge in [-0.1, -0.05) is 23.2 Å². The summed E-state index contributed by atoms with van der Waals surface area (Å²) in [6.07, 6.45) is 0. The van der Waals surface area contributed by atoms with Crippen molar-refractivity contribution in [1.29, 1.82) is 0 Å². The van der Waals surface area contributed by atoms with Crippen molar-refractivity contribution in [2.24, 2.45) is 0 Å². The summed E-state index contributed by atoms with van der Waals surface area (Å²) in [7, 11) is 1.78. The summed E-state index contributed by atoms with van der Waals surface area (Å²) >= 11 is 11.7. The maximum Gasteiger partial charge on any atom is 0.0711 e. The Hall–Kier alpha value is -0.440. The maximum atomic E-state index is 8.87. The summed E-state index contributed by atoms with van der Waals surface area (Å²) < 4.78 is 0. The second kappa shape index (κ2) is 3.99. The minimum atomic E-state index is -0.137. The first-order valence-electron chi connectivity index (χ1n) is 3.45. The Balaban J connectivity index is 3.18. The van der Waals surface area contributed by atoms with Gasteiger partial charge in [0.15, 0.2) is 0 Å². The van der Waals surface area contributed by atoms with Crippen LogP contribution in [0.15, 0.2) is 12.1 Å². The molecular weight excluding hydrogens is 197 g/mol. The first kappa shape index (κ1) is 9.65. The second-order valence-corrected chi connectivity index (χ2v) is 3.14. The van der Waals surface area contributed by atoms with Gasteiger partial charge in [-0.3, -0.25) is 0 Å². The molecule has 0 aromatic heterocycles. The van der Waals surface area contributed by atoms with E-state index in [1.165, 1.54) is 0 Å². The lowest BCUT2D eigenvalue weighted by Crippen LogP contribution is -1.92. The molecule has 1 rings (SSSR count). The summed E-state index contributed by atoms with van der Waals surface area (Å²) in [6.45, 7) is -0.137. The highest BCUT2D eigenvalue weighted by molar-refractivity contribution is 6.36. The third-order valence-electron chi connectivity index (χ3n) is 1.59. The van der Waals surface area contributed by atoms with Gasteiger partial charge in [-0.2, -0.15) is 0 Å². The molecule has 0 aliphatic carbocycles. The molecular formula is C8H9Cl2NO. The average Bonchev–Trinajstić information content (AvgIpc) is 2.03. The standard InChI is InChI=1S/C8H9Cl2NO/c1-11-5-2-7(9)6(4-12)8(10)3-5/h2-3,11-12H,4H2,1H3. The van der Waals surface area contributed by atoms with E-state index in [2.05, 4.69) is 5.32 Å². The van der Waals surface area contributed by atoms with Crippen LogP contribution in [0, 0.1) is 0 Å². The Kier molecular flexibility index (Phi) is 3.20. The monoisotopic (exact) mass is 205 g/mol. The Labute approximate surface area is 81.1 Å². The molecule has 66 valence electrons. The van der Waals surface area contributed by atoms with Crippen LogP contribution in [0.4, 0.5) is 5.69 Å². The zero-order valence-corrected chi connectivity index (χ0v) is 8.08. The van der Waals surface area contributed by atoms with Gasteiger partial charge in [0.05, 0.1) is 6.61 Å². The fraction of sp³-hybridized carbons (Fsp3) is 0.250. The predicted molar refractivity (Wildman–Crippen MR) is 51.9 cm³/mol. The van der Waals surface area contributed by atoms with Crippen LogP contribution in [0.2, 0.25) is 10.0 Å². The van der Waals surface area contributed by atoms with E-state index in [0.29, 0.717) is 15.6 Å². The average molecular weight is 206 g/mol. The van der Waals surface area contributed by atoms with E-state index in [4.69, 9.17) is 28.3 Å². The topological polar surface area (TPSA) is 32.3 Å². The van der Waals surface area contributed by atoms with Crippen LogP contribution in [-0.4, -0.2) is 12.2 Å². The first-order chi connectivity index (χ1) is 5.69. The lowest BCUT2D eigenvalue weighted by atomic mass is 10.2. The summed E-state index contributed by atoms with van der Waals surface area (Å²) in [5.74, 6) is 0. The van der Waals surface area contributed by atoms with E-state index >= 15 is 0 Å². The van der Waals surface area contributed by atoms with Crippen molar-refractivity contribution in [2.45, 2.75) is 6.61 Å². The van der Waals surface area contributed by atoms with Gasteiger partial charge in [0.2, 0.25) is 0 Å². The lowest BCUT2D eigenvalue weighted by molar-refractivity contribution is 0.282. The number of aliphatic hydroxyl groups excluding tert-OH is 1. The number of aliphatic hydroxyl groups is 1. The molecule has 0 aliphatic rings. The minimum Gasteiger partial charge on any atom is -0.392 e. The van der Waals surface area contributed by atoms with Crippen molar-refractivity contribution in [3.8, 4) is 0 Å². The molecule has 0 fully saturated rings. The molecule has 2 nitrogen and oxygen atoms in total. The third-order valence-corrected chi connectivity index (χ3v) is 2.26. The molecule has 0 aliphatic heterocycles. The molecule has 0 saturated carbocycles. The number of halogens is 2. The van der Waals surface area contributed by atoms with Crippen LogP contribution >= 0.6 is 23.2 Å². The molecule has 0 bridgehead atoms. The largest absolute Gasteiger partial charge is 0.392 e. The number of hydrogen-bond acceptors (Lipinski definition) is 2. The Bertz CT molecular complexity index is 265. The van der Waals surface area contributed by atoms with E-state index in [1.54, 1.807) is 19.2 Å². The molecule has 0 atom stereocenters. The highest BCUT2D eigenvalue weighted by Crippen LogP contribution is 2.28. The highest BCUT2D eigenvalue weighted by atomic mass is 35.5. The van der Waals surface area contributed by atoms with Gasteiger partial charge in [-0.25, -0.2) is 0 Å². The Morgan fingerprint density at radius 2 is 1.83 bits per heavy atom. The molecule has 4 heteroatoms. The smallest absolute Gasteiger partial charge is 0.0711 e. The van der Waals surface area contributed by atoms with Crippen LogP contribution in [0.25, 0.3) is 0 Å². The summed E-state index contributed by atoms with van der Waals surface area (Å²) in [4.78, 5) is 0. The highest BCUT2D eigenvalue weighted by Gasteiger charge is 2.05. The second-order valence-electron chi connectivity index (χ2n) is 2.33. The fourth-order valence-corrected chi connectivity index (χ4v) is 1.50. The van der Waals surface area contributed by atoms with E-state index in [1.807, 2.05) is 0 Å². The summed E-state index contributed by atoms with van der Waals surface area (Å²) in [5.41, 5.74) is 1.40. The van der Waals surface area contributed by atoms with E-state index < -0.39 is 0 Å². The van der Waals surface area contributed by atoms with Crippen LogP contribution in [-0.2, 0) is 6.61 Å². The van der Waals surface area contributed by atoms with Crippen LogP contribution in [0.3, 0.4) is 0 Å². The number of anilines is 1. The van der Waals surface area contributed by atoms with Gasteiger partial charge >= 0.3 is 0 Å². The molecule has 1 aromatic rings. The SMILES string of the molecule is CNc1cc(Cl)c(CO)c(Cl)c1. The van der Waals surface area contributed by atoms with Gasteiger partial charge in [0.25, 0.3) is 0 Å². The first-order valence-corrected chi connectivity index (χ1v) is 4.21. The molecule has 0 heterocycles. The summed E-state index contributed by atoms with van der Waals surface area (Å²) in [6, 6.07) is 3.44. The quantitative estimate of drug-likeness (QED) is 0.779. The lowest BCUT2D eigenvalue weighted by Gasteiger charge is -2.06. The molecule has 0 unspecified atom stereocenters. The molecule has 0 spiro atoms. The van der Waals surface area contributed by atoms with Gasteiger partial charge in [0.1, 0.15) is 0 Å². The van der Waals surface area contributed by atoms with E-state index in [9.17, 15) is 0 Å². The number of hydrogen-bond donors (Lipinski definition) is 2. The molecule has 12 heavy (non-hydrogen) atoms. The zero-order valence-electron chi connectivity index (χ0n) is 6.56. The number of nitrogens with one attached hydrogen (secondary N) is 1. The summed E-state index contributed by atoms with van der Waals surface area (Å²) in [5, 5.41) is 12.7. The molecule has 0 saturated heterocycles. The van der Waals surface area contributed by atoms with E-state index in [0.717, 1.165) is 5.69 Å². The van der Waals surface area contributed by atoms with Crippen molar-refractivity contribution < 1.29 is 5.11 Å². The van der Waals surface area contributed by atoms with Gasteiger partial charge < -0.3 is 10.4 Å². The van der Waals surface area contributed by atoms with Crippen LogP contribution in [0.5, 0.6) is 0 Å². The Morgan fingerprint density at radius 1 is 1.33 bits per heavy atom. The van der Waals surface area contributed by atoms with Gasteiger partial charge in [-0.15, -0.1) is 0 Å². The predicted octanol–water partition coefficient (Wildman–Crippen LogP) is 2.53. The van der Waals surface area contributed by atoms with Crippen molar-refractivity contribution in [3.05, 3.63) is 27.7 Å². The molecule has 1 aromatic carbocycles. The van der Waals surface area contributed by atoms with E-state index in [-0.39, 0.29) is 6.61 Å². The molecule has 2 N–H and O–H groups in total. The molecule has 0 amide bonds. The van der Waals surface area contributed by atoms with Crippen molar-refractivity contribution in [1.82, 2.24) is 0 Å². The minimum absolute atomic E-state index is 0.137. The van der Waals surface area contributed by atoms with Crippen molar-refractivity contribution >= 4 is 28.9 Å². The van der Waals surface area contributed by atoms with Crippen molar-refractivity contribution in [2.75, 3.05) is 12.4 Å². The van der Waals surface area contributed by atoms with Crippen molar-refractivity contribution in [3.63, 3.8) is 0 Å². The van der Waals surface area contributed by atoms with Crippen LogP contribution < -0.4 is 5.32 Å². The number of benzene rings is 1. The number of rotatable bonds is 2. The maximum absolute atomic E-state index is 8.87. The normalized spacial score (nSPS) is 10.0. The third kappa shape index (κ3) is 1.83. The Morgan fingerprint density at radius 3 is 2.17 bits per heavy atom. The molecule has 0 radical (unpaired) electrons. The fourth-order valence-electron chi connectivity index (χ4n) is 0.898. The zero-order chi connectivity index (χ0) is 9.14.